The number of benzene rings is 1. The molecule has 0 aliphatic carbocycles. The number of hydrogen-bond acceptors (Lipinski definition) is 3. The lowest BCUT2D eigenvalue weighted by Crippen LogP contribution is -2.37. The molecule has 2 amide bonds. The zero-order valence-corrected chi connectivity index (χ0v) is 13.7. The molecule has 0 bridgehead atoms. The van der Waals surface area contributed by atoms with E-state index in [2.05, 4.69) is 5.32 Å². The molecule has 1 atom stereocenters. The fourth-order valence-corrected chi connectivity index (χ4v) is 3.24. The van der Waals surface area contributed by atoms with E-state index in [0.717, 1.165) is 9.80 Å². The van der Waals surface area contributed by atoms with Crippen LogP contribution in [0.4, 0.5) is 18.9 Å². The fraction of sp³-hybridized carbons (Fsp3) is 0.429. The van der Waals surface area contributed by atoms with Crippen molar-refractivity contribution in [2.24, 2.45) is 0 Å². The number of thioether (sulfide) groups is 1. The third kappa shape index (κ3) is 5.04. The van der Waals surface area contributed by atoms with E-state index in [1.54, 1.807) is 18.2 Å². The Bertz CT molecular complexity index is 625. The summed E-state index contributed by atoms with van der Waals surface area (Å²) in [6.07, 6.45) is -5.54. The van der Waals surface area contributed by atoms with E-state index in [-0.39, 0.29) is 12.3 Å². The van der Waals surface area contributed by atoms with Crippen molar-refractivity contribution in [3.63, 3.8) is 0 Å². The molecule has 2 rings (SSSR count). The number of nitrogens with zero attached hydrogens (tertiary/aromatic N) is 1. The maximum Gasteiger partial charge on any atom is 0.390 e. The van der Waals surface area contributed by atoms with Gasteiger partial charge in [0.05, 0.1) is 17.4 Å². The molecule has 126 valence electrons. The molecule has 9 heteroatoms. The summed E-state index contributed by atoms with van der Waals surface area (Å²) in [5, 5.41) is 2.46. The van der Waals surface area contributed by atoms with Crippen molar-refractivity contribution in [1.82, 2.24) is 4.90 Å². The molecular formula is C14H14ClF3N2O2S. The molecule has 1 heterocycles. The first-order valence-electron chi connectivity index (χ1n) is 6.73. The van der Waals surface area contributed by atoms with E-state index in [0.29, 0.717) is 10.7 Å². The van der Waals surface area contributed by atoms with Gasteiger partial charge in [0.1, 0.15) is 0 Å². The van der Waals surface area contributed by atoms with Crippen LogP contribution in [0.5, 0.6) is 0 Å². The van der Waals surface area contributed by atoms with Crippen LogP contribution in [0.2, 0.25) is 5.02 Å². The molecule has 0 saturated heterocycles. The molecule has 4 nitrogen and oxygen atoms in total. The molecule has 1 aliphatic heterocycles. The Labute approximate surface area is 140 Å². The number of hydrogen-bond donors (Lipinski definition) is 1. The maximum absolute atomic E-state index is 12.2. The van der Waals surface area contributed by atoms with E-state index >= 15 is 0 Å². The van der Waals surface area contributed by atoms with Gasteiger partial charge in [-0.1, -0.05) is 11.6 Å². The van der Waals surface area contributed by atoms with Gasteiger partial charge in [-0.05, 0) is 18.2 Å². The van der Waals surface area contributed by atoms with Crippen LogP contribution in [0.25, 0.3) is 0 Å². The predicted octanol–water partition coefficient (Wildman–Crippen LogP) is 3.55. The molecule has 1 aromatic carbocycles. The second-order valence-electron chi connectivity index (χ2n) is 5.12. The summed E-state index contributed by atoms with van der Waals surface area (Å²) >= 11 is 7.05. The Hall–Kier alpha value is -1.41. The molecule has 0 aromatic heterocycles. The molecule has 1 unspecified atom stereocenters. The van der Waals surface area contributed by atoms with Crippen molar-refractivity contribution in [2.45, 2.75) is 29.2 Å². The molecule has 1 N–H and O–H groups in total. The van der Waals surface area contributed by atoms with E-state index < -0.39 is 30.3 Å². The summed E-state index contributed by atoms with van der Waals surface area (Å²) in [4.78, 5) is 25.8. The fourth-order valence-electron chi connectivity index (χ4n) is 1.99. The number of alkyl halides is 3. The average molecular weight is 367 g/mol. The number of rotatable bonds is 4. The first-order chi connectivity index (χ1) is 10.7. The van der Waals surface area contributed by atoms with Crippen LogP contribution < -0.4 is 5.32 Å². The first kappa shape index (κ1) is 17.9. The van der Waals surface area contributed by atoms with E-state index in [1.165, 1.54) is 18.8 Å². The average Bonchev–Trinajstić information content (AvgIpc) is 2.44. The monoisotopic (exact) mass is 366 g/mol. The summed E-state index contributed by atoms with van der Waals surface area (Å²) < 4.78 is 36.5. The van der Waals surface area contributed by atoms with Gasteiger partial charge in [0.15, 0.2) is 0 Å². The molecule has 0 spiro atoms. The highest BCUT2D eigenvalue weighted by atomic mass is 35.5. The van der Waals surface area contributed by atoms with Gasteiger partial charge in [-0.2, -0.15) is 13.2 Å². The van der Waals surface area contributed by atoms with Crippen LogP contribution in [0.1, 0.15) is 12.8 Å². The van der Waals surface area contributed by atoms with E-state index in [9.17, 15) is 22.8 Å². The van der Waals surface area contributed by atoms with Crippen LogP contribution in [-0.2, 0) is 9.59 Å². The van der Waals surface area contributed by atoms with Gasteiger partial charge in [-0.25, -0.2) is 0 Å². The van der Waals surface area contributed by atoms with Crippen LogP contribution in [-0.4, -0.2) is 41.7 Å². The van der Waals surface area contributed by atoms with Crippen molar-refractivity contribution >= 4 is 40.9 Å². The number of amides is 2. The quantitative estimate of drug-likeness (QED) is 0.886. The van der Waals surface area contributed by atoms with Gasteiger partial charge in [0.25, 0.3) is 0 Å². The van der Waals surface area contributed by atoms with Crippen molar-refractivity contribution in [2.75, 3.05) is 18.9 Å². The highest BCUT2D eigenvalue weighted by Crippen LogP contribution is 2.38. The Balaban J connectivity index is 1.96. The van der Waals surface area contributed by atoms with Crippen molar-refractivity contribution < 1.29 is 22.8 Å². The maximum atomic E-state index is 12.2. The van der Waals surface area contributed by atoms with Gasteiger partial charge < -0.3 is 10.2 Å². The van der Waals surface area contributed by atoms with Crippen molar-refractivity contribution in [3.05, 3.63) is 23.2 Å². The van der Waals surface area contributed by atoms with E-state index in [1.807, 2.05) is 0 Å². The third-order valence-corrected chi connectivity index (χ3v) is 4.79. The lowest BCUT2D eigenvalue weighted by atomic mass is 10.2. The van der Waals surface area contributed by atoms with Crippen LogP contribution in [0.3, 0.4) is 0 Å². The number of fused-ring (bicyclic) bond motifs is 1. The molecule has 1 aliphatic rings. The third-order valence-electron chi connectivity index (χ3n) is 3.28. The minimum atomic E-state index is -4.32. The van der Waals surface area contributed by atoms with Gasteiger partial charge in [-0.3, -0.25) is 9.59 Å². The Morgan fingerprint density at radius 1 is 1.43 bits per heavy atom. The first-order valence-corrected chi connectivity index (χ1v) is 7.99. The molecule has 23 heavy (non-hydrogen) atoms. The Kier molecular flexibility index (Phi) is 5.46. The largest absolute Gasteiger partial charge is 0.390 e. The highest BCUT2D eigenvalue weighted by molar-refractivity contribution is 8.01. The van der Waals surface area contributed by atoms with Crippen LogP contribution in [0, 0.1) is 0 Å². The molecule has 0 radical (unpaired) electrons. The van der Waals surface area contributed by atoms with Crippen molar-refractivity contribution in [3.8, 4) is 0 Å². The lowest BCUT2D eigenvalue weighted by Gasteiger charge is -2.26. The lowest BCUT2D eigenvalue weighted by molar-refractivity contribution is -0.144. The second kappa shape index (κ2) is 7.00. The second-order valence-corrected chi connectivity index (χ2v) is 6.80. The minimum Gasteiger partial charge on any atom is -0.345 e. The normalized spacial score (nSPS) is 17.4. The molecule has 0 saturated carbocycles. The SMILES string of the molecule is CN(CCC(F)(F)F)C(=O)CC1Sc2ccc(Cl)cc2NC1=O. The number of carbonyl (C=O) groups excluding carboxylic acids is 2. The number of nitrogens with one attached hydrogen (secondary N) is 1. The van der Waals surface area contributed by atoms with Gasteiger partial charge in [0, 0.05) is 29.9 Å². The minimum absolute atomic E-state index is 0.160. The van der Waals surface area contributed by atoms with Gasteiger partial charge in [-0.15, -0.1) is 11.8 Å². The Morgan fingerprint density at radius 3 is 2.78 bits per heavy atom. The van der Waals surface area contributed by atoms with Crippen LogP contribution in [0.15, 0.2) is 23.1 Å². The standard InChI is InChI=1S/C14H14ClF3N2O2S/c1-20(5-4-14(16,17)18)12(21)7-11-13(22)19-9-6-8(15)2-3-10(9)23-11/h2-3,6,11H,4-5,7H2,1H3,(H,19,22). The summed E-state index contributed by atoms with van der Waals surface area (Å²) in [7, 11) is 1.30. The summed E-state index contributed by atoms with van der Waals surface area (Å²) in [6.45, 7) is -0.423. The zero-order valence-electron chi connectivity index (χ0n) is 12.1. The molecule has 1 aromatic rings. The molecular weight excluding hydrogens is 353 g/mol. The number of carbonyl (C=O) groups is 2. The van der Waals surface area contributed by atoms with E-state index in [4.69, 9.17) is 11.6 Å². The topological polar surface area (TPSA) is 49.4 Å². The number of anilines is 1. The van der Waals surface area contributed by atoms with Gasteiger partial charge >= 0.3 is 6.18 Å². The summed E-state index contributed by atoms with van der Waals surface area (Å²) in [5.41, 5.74) is 0.571. The van der Waals surface area contributed by atoms with Crippen molar-refractivity contribution in [1.29, 1.82) is 0 Å². The molecule has 0 fully saturated rings. The van der Waals surface area contributed by atoms with Gasteiger partial charge in [0.2, 0.25) is 11.8 Å². The van der Waals surface area contributed by atoms with Crippen LogP contribution >= 0.6 is 23.4 Å². The zero-order chi connectivity index (χ0) is 17.2. The number of halogens is 4. The summed E-state index contributed by atoms with van der Waals surface area (Å²) in [6, 6.07) is 5.00. The smallest absolute Gasteiger partial charge is 0.345 e. The Morgan fingerprint density at radius 2 is 2.13 bits per heavy atom. The highest BCUT2D eigenvalue weighted by Gasteiger charge is 2.32. The summed E-state index contributed by atoms with van der Waals surface area (Å²) in [5.74, 6) is -0.860. The predicted molar refractivity (Wildman–Crippen MR) is 82.7 cm³/mol.